The molecule has 116 valence electrons. The van der Waals surface area contributed by atoms with Crippen LogP contribution in [0, 0.1) is 27.8 Å². The SMILES string of the molecule is CC(C)CC(CNc1ccc(F)cc1[N+](=O)[O-])CC(=O)O. The maximum atomic E-state index is 13.0. The van der Waals surface area contributed by atoms with Crippen LogP contribution in [0.5, 0.6) is 0 Å². The molecule has 0 amide bonds. The van der Waals surface area contributed by atoms with Crippen LogP contribution in [0.25, 0.3) is 0 Å². The summed E-state index contributed by atoms with van der Waals surface area (Å²) in [5, 5.41) is 22.6. The average molecular weight is 298 g/mol. The van der Waals surface area contributed by atoms with Gasteiger partial charge in [-0.1, -0.05) is 13.8 Å². The van der Waals surface area contributed by atoms with E-state index in [4.69, 9.17) is 5.11 Å². The molecule has 21 heavy (non-hydrogen) atoms. The van der Waals surface area contributed by atoms with Crippen LogP contribution in [0.2, 0.25) is 0 Å². The van der Waals surface area contributed by atoms with E-state index in [-0.39, 0.29) is 30.3 Å². The monoisotopic (exact) mass is 298 g/mol. The molecule has 2 N–H and O–H groups in total. The molecule has 6 nitrogen and oxygen atoms in total. The minimum atomic E-state index is -0.906. The van der Waals surface area contributed by atoms with Crippen molar-refractivity contribution in [3.05, 3.63) is 34.1 Å². The van der Waals surface area contributed by atoms with Gasteiger partial charge in [0.1, 0.15) is 11.5 Å². The normalized spacial score (nSPS) is 12.2. The fourth-order valence-electron chi connectivity index (χ4n) is 2.21. The minimum absolute atomic E-state index is 0.0137. The van der Waals surface area contributed by atoms with E-state index in [0.717, 1.165) is 12.1 Å². The number of hydrogen-bond donors (Lipinski definition) is 2. The van der Waals surface area contributed by atoms with Gasteiger partial charge in [0, 0.05) is 13.0 Å². The zero-order valence-electron chi connectivity index (χ0n) is 12.0. The Labute approximate surface area is 122 Å². The summed E-state index contributed by atoms with van der Waals surface area (Å²) < 4.78 is 13.0. The predicted molar refractivity (Wildman–Crippen MR) is 76.7 cm³/mol. The van der Waals surface area contributed by atoms with Crippen molar-refractivity contribution < 1.29 is 19.2 Å². The van der Waals surface area contributed by atoms with Gasteiger partial charge in [-0.05, 0) is 30.4 Å². The summed E-state index contributed by atoms with van der Waals surface area (Å²) in [5.74, 6) is -1.42. The second-order valence-corrected chi connectivity index (χ2v) is 5.39. The molecule has 0 spiro atoms. The van der Waals surface area contributed by atoms with Gasteiger partial charge in [-0.25, -0.2) is 4.39 Å². The Morgan fingerprint density at radius 1 is 1.48 bits per heavy atom. The highest BCUT2D eigenvalue weighted by Gasteiger charge is 2.18. The molecule has 1 unspecified atom stereocenters. The van der Waals surface area contributed by atoms with Crippen molar-refractivity contribution in [1.29, 1.82) is 0 Å². The molecule has 7 heteroatoms. The second-order valence-electron chi connectivity index (χ2n) is 5.39. The van der Waals surface area contributed by atoms with Crippen LogP contribution in [-0.4, -0.2) is 22.5 Å². The Morgan fingerprint density at radius 3 is 2.67 bits per heavy atom. The molecule has 0 bridgehead atoms. The highest BCUT2D eigenvalue weighted by Crippen LogP contribution is 2.26. The highest BCUT2D eigenvalue weighted by molar-refractivity contribution is 5.67. The van der Waals surface area contributed by atoms with Gasteiger partial charge in [0.25, 0.3) is 5.69 Å². The van der Waals surface area contributed by atoms with Crippen molar-refractivity contribution in [3.8, 4) is 0 Å². The standard InChI is InChI=1S/C14H19FN2O4/c1-9(2)5-10(6-14(18)19)8-16-12-4-3-11(15)7-13(12)17(20)21/h3-4,7,9-10,16H,5-6,8H2,1-2H3,(H,18,19). The number of nitrogens with one attached hydrogen (secondary N) is 1. The Morgan fingerprint density at radius 2 is 2.14 bits per heavy atom. The Bertz CT molecular complexity index is 520. The number of nitro benzene ring substituents is 1. The van der Waals surface area contributed by atoms with Crippen LogP contribution in [0.4, 0.5) is 15.8 Å². The van der Waals surface area contributed by atoms with Crippen molar-refractivity contribution in [1.82, 2.24) is 0 Å². The molecule has 0 heterocycles. The van der Waals surface area contributed by atoms with Crippen LogP contribution >= 0.6 is 0 Å². The first-order valence-electron chi connectivity index (χ1n) is 6.69. The lowest BCUT2D eigenvalue weighted by Crippen LogP contribution is -2.20. The molecule has 1 atom stereocenters. The smallest absolute Gasteiger partial charge is 0.303 e. The summed E-state index contributed by atoms with van der Waals surface area (Å²) in [5.41, 5.74) is -0.158. The number of carboxylic acid groups (broad SMARTS) is 1. The van der Waals surface area contributed by atoms with Gasteiger partial charge in [0.15, 0.2) is 0 Å². The molecule has 0 aliphatic heterocycles. The minimum Gasteiger partial charge on any atom is -0.481 e. The quantitative estimate of drug-likeness (QED) is 0.567. The summed E-state index contributed by atoms with van der Waals surface area (Å²) in [4.78, 5) is 21.0. The molecular weight excluding hydrogens is 279 g/mol. The third kappa shape index (κ3) is 5.76. The number of benzene rings is 1. The van der Waals surface area contributed by atoms with Gasteiger partial charge in [-0.2, -0.15) is 0 Å². The molecule has 1 aromatic rings. The molecule has 0 fully saturated rings. The third-order valence-electron chi connectivity index (χ3n) is 3.01. The number of halogens is 1. The number of hydrogen-bond acceptors (Lipinski definition) is 4. The summed E-state index contributed by atoms with van der Waals surface area (Å²) >= 11 is 0. The Hall–Kier alpha value is -2.18. The van der Waals surface area contributed by atoms with Gasteiger partial charge in [0.2, 0.25) is 0 Å². The van der Waals surface area contributed by atoms with Gasteiger partial charge in [-0.3, -0.25) is 14.9 Å². The van der Waals surface area contributed by atoms with Crippen molar-refractivity contribution >= 4 is 17.3 Å². The molecular formula is C14H19FN2O4. The largest absolute Gasteiger partial charge is 0.481 e. The van der Waals surface area contributed by atoms with Gasteiger partial charge < -0.3 is 10.4 Å². The molecule has 1 rings (SSSR count). The van der Waals surface area contributed by atoms with Gasteiger partial charge in [0.05, 0.1) is 11.0 Å². The van der Waals surface area contributed by atoms with Crippen molar-refractivity contribution in [3.63, 3.8) is 0 Å². The average Bonchev–Trinajstić information content (AvgIpc) is 2.35. The molecule has 0 saturated carbocycles. The number of rotatable bonds is 8. The first-order valence-corrected chi connectivity index (χ1v) is 6.69. The number of anilines is 1. The lowest BCUT2D eigenvalue weighted by molar-refractivity contribution is -0.384. The van der Waals surface area contributed by atoms with Crippen molar-refractivity contribution in [2.75, 3.05) is 11.9 Å². The highest BCUT2D eigenvalue weighted by atomic mass is 19.1. The van der Waals surface area contributed by atoms with E-state index in [0.29, 0.717) is 12.3 Å². The van der Waals surface area contributed by atoms with E-state index in [1.807, 2.05) is 13.8 Å². The van der Waals surface area contributed by atoms with E-state index >= 15 is 0 Å². The topological polar surface area (TPSA) is 92.5 Å². The first-order chi connectivity index (χ1) is 9.79. The van der Waals surface area contributed by atoms with E-state index < -0.39 is 16.7 Å². The van der Waals surface area contributed by atoms with Gasteiger partial charge >= 0.3 is 5.97 Å². The van der Waals surface area contributed by atoms with Gasteiger partial charge in [-0.15, -0.1) is 0 Å². The van der Waals surface area contributed by atoms with Crippen LogP contribution in [0.15, 0.2) is 18.2 Å². The summed E-state index contributed by atoms with van der Waals surface area (Å²) in [6, 6.07) is 3.27. The Kier molecular flexibility index (Phi) is 6.08. The van der Waals surface area contributed by atoms with E-state index in [1.165, 1.54) is 6.07 Å². The number of carbonyl (C=O) groups is 1. The first kappa shape index (κ1) is 16.9. The number of aliphatic carboxylic acids is 1. The second kappa shape index (κ2) is 7.56. The number of nitrogens with zero attached hydrogens (tertiary/aromatic N) is 1. The number of nitro groups is 1. The lowest BCUT2D eigenvalue weighted by Gasteiger charge is -2.18. The summed E-state index contributed by atoms with van der Waals surface area (Å²) in [6.45, 7) is 4.25. The van der Waals surface area contributed by atoms with Crippen molar-refractivity contribution in [2.45, 2.75) is 26.7 Å². The van der Waals surface area contributed by atoms with E-state index in [9.17, 15) is 19.3 Å². The van der Waals surface area contributed by atoms with Crippen LogP contribution in [0.3, 0.4) is 0 Å². The van der Waals surface area contributed by atoms with E-state index in [1.54, 1.807) is 0 Å². The zero-order valence-corrected chi connectivity index (χ0v) is 12.0. The molecule has 1 aromatic carbocycles. The molecule has 0 aliphatic carbocycles. The molecule has 0 saturated heterocycles. The van der Waals surface area contributed by atoms with Crippen LogP contribution in [-0.2, 0) is 4.79 Å². The maximum absolute atomic E-state index is 13.0. The fourth-order valence-corrected chi connectivity index (χ4v) is 2.21. The maximum Gasteiger partial charge on any atom is 0.303 e. The number of carboxylic acids is 1. The van der Waals surface area contributed by atoms with Crippen LogP contribution in [0.1, 0.15) is 26.7 Å². The van der Waals surface area contributed by atoms with Crippen molar-refractivity contribution in [2.24, 2.45) is 11.8 Å². The van der Waals surface area contributed by atoms with E-state index in [2.05, 4.69) is 5.32 Å². The fraction of sp³-hybridized carbons (Fsp3) is 0.500. The lowest BCUT2D eigenvalue weighted by atomic mass is 9.94. The predicted octanol–water partition coefficient (Wildman–Crippen LogP) is 3.28. The molecule has 0 radical (unpaired) electrons. The van der Waals surface area contributed by atoms with Crippen LogP contribution < -0.4 is 5.32 Å². The molecule has 0 aromatic heterocycles. The zero-order chi connectivity index (χ0) is 16.0. The molecule has 0 aliphatic rings. The summed E-state index contributed by atoms with van der Waals surface area (Å²) in [7, 11) is 0. The summed E-state index contributed by atoms with van der Waals surface area (Å²) in [6.07, 6.45) is 0.675. The Balaban J connectivity index is 2.79. The third-order valence-corrected chi connectivity index (χ3v) is 3.01.